The molecule has 0 radical (unpaired) electrons. The summed E-state index contributed by atoms with van der Waals surface area (Å²) in [5.41, 5.74) is 3.35. The summed E-state index contributed by atoms with van der Waals surface area (Å²) in [7, 11) is 1.73. The topological polar surface area (TPSA) is 62.3 Å². The van der Waals surface area contributed by atoms with E-state index in [2.05, 4.69) is 10.3 Å². The molecular weight excluding hydrogens is 326 g/mol. The van der Waals surface area contributed by atoms with E-state index in [-0.39, 0.29) is 11.7 Å². The van der Waals surface area contributed by atoms with Crippen LogP contribution in [-0.2, 0) is 0 Å². The first-order chi connectivity index (χ1) is 12.5. The fourth-order valence-electron chi connectivity index (χ4n) is 2.57. The molecule has 1 heterocycles. The molecule has 3 aromatic rings. The molecule has 26 heavy (non-hydrogen) atoms. The summed E-state index contributed by atoms with van der Waals surface area (Å²) in [6.07, 6.45) is 3.18. The van der Waals surface area contributed by atoms with Crippen molar-refractivity contribution in [3.8, 4) is 0 Å². The quantitative estimate of drug-likeness (QED) is 0.700. The number of hydrogen-bond acceptors (Lipinski definition) is 4. The monoisotopic (exact) mass is 345 g/mol. The van der Waals surface area contributed by atoms with Gasteiger partial charge in [0.25, 0.3) is 5.91 Å². The van der Waals surface area contributed by atoms with Crippen LogP contribution in [-0.4, -0.2) is 23.7 Å². The van der Waals surface area contributed by atoms with Crippen LogP contribution in [0.3, 0.4) is 0 Å². The molecule has 5 nitrogen and oxygen atoms in total. The minimum atomic E-state index is -0.148. The molecule has 0 aliphatic heterocycles. The second-order valence-electron chi connectivity index (χ2n) is 5.92. The zero-order chi connectivity index (χ0) is 18.5. The molecule has 130 valence electrons. The Balaban J connectivity index is 1.81. The Bertz CT molecular complexity index is 939. The van der Waals surface area contributed by atoms with Gasteiger partial charge in [-0.05, 0) is 37.3 Å². The fraction of sp³-hybridized carbons (Fsp3) is 0.0952. The Morgan fingerprint density at radius 3 is 2.35 bits per heavy atom. The third-order valence-electron chi connectivity index (χ3n) is 3.99. The minimum Gasteiger partial charge on any atom is -0.354 e. The number of benzene rings is 2. The van der Waals surface area contributed by atoms with Gasteiger partial charge in [-0.1, -0.05) is 30.3 Å². The van der Waals surface area contributed by atoms with Gasteiger partial charge in [0.15, 0.2) is 5.78 Å². The predicted octanol–water partition coefficient (Wildman–Crippen LogP) is 4.30. The third kappa shape index (κ3) is 3.95. The van der Waals surface area contributed by atoms with Gasteiger partial charge in [0.05, 0.1) is 17.4 Å². The molecule has 1 amide bonds. The van der Waals surface area contributed by atoms with Crippen molar-refractivity contribution in [3.63, 3.8) is 0 Å². The van der Waals surface area contributed by atoms with Crippen LogP contribution in [0.5, 0.6) is 0 Å². The summed E-state index contributed by atoms with van der Waals surface area (Å²) in [6.45, 7) is 1.53. The van der Waals surface area contributed by atoms with E-state index in [1.807, 2.05) is 42.5 Å². The zero-order valence-corrected chi connectivity index (χ0v) is 14.6. The molecule has 0 aliphatic carbocycles. The molecule has 0 bridgehead atoms. The van der Waals surface area contributed by atoms with Crippen molar-refractivity contribution < 1.29 is 9.59 Å². The van der Waals surface area contributed by atoms with Crippen LogP contribution in [0.1, 0.15) is 27.6 Å². The smallest absolute Gasteiger partial charge is 0.259 e. The van der Waals surface area contributed by atoms with Crippen molar-refractivity contribution in [1.82, 2.24) is 4.98 Å². The number of nitrogens with one attached hydrogen (secondary N) is 1. The number of Topliss-reactive ketones (excluding diaryl/α,β-unsaturated/α-hetero) is 1. The number of pyridine rings is 1. The fourth-order valence-corrected chi connectivity index (χ4v) is 2.57. The maximum Gasteiger partial charge on any atom is 0.259 e. The average Bonchev–Trinajstić information content (AvgIpc) is 2.68. The Kier molecular flexibility index (Phi) is 5.08. The first kappa shape index (κ1) is 17.4. The number of ketones is 1. The number of aromatic nitrogens is 1. The largest absolute Gasteiger partial charge is 0.354 e. The molecule has 0 saturated heterocycles. The molecule has 1 aromatic heterocycles. The number of carbonyl (C=O) groups is 2. The number of para-hydroxylation sites is 1. The lowest BCUT2D eigenvalue weighted by molar-refractivity contribution is 0.0990. The van der Waals surface area contributed by atoms with Gasteiger partial charge < -0.3 is 10.2 Å². The number of anilines is 3. The van der Waals surface area contributed by atoms with Crippen molar-refractivity contribution >= 4 is 28.8 Å². The summed E-state index contributed by atoms with van der Waals surface area (Å²) < 4.78 is 0. The van der Waals surface area contributed by atoms with E-state index in [1.165, 1.54) is 6.92 Å². The van der Waals surface area contributed by atoms with Gasteiger partial charge in [0.2, 0.25) is 0 Å². The van der Waals surface area contributed by atoms with Crippen LogP contribution < -0.4 is 10.2 Å². The molecule has 0 aliphatic rings. The van der Waals surface area contributed by atoms with Gasteiger partial charge in [-0.3, -0.25) is 14.6 Å². The molecule has 2 aromatic carbocycles. The minimum absolute atomic E-state index is 0.000175. The van der Waals surface area contributed by atoms with E-state index in [1.54, 1.807) is 42.5 Å². The zero-order valence-electron chi connectivity index (χ0n) is 14.6. The number of carbonyl (C=O) groups excluding carboxylic acids is 2. The predicted molar refractivity (Wildman–Crippen MR) is 103 cm³/mol. The summed E-state index contributed by atoms with van der Waals surface area (Å²) in [6, 6.07) is 18.4. The van der Waals surface area contributed by atoms with E-state index in [0.29, 0.717) is 16.8 Å². The van der Waals surface area contributed by atoms with Crippen LogP contribution in [0.25, 0.3) is 0 Å². The van der Waals surface area contributed by atoms with Crippen molar-refractivity contribution in [2.24, 2.45) is 0 Å². The highest BCUT2D eigenvalue weighted by Crippen LogP contribution is 2.20. The van der Waals surface area contributed by atoms with E-state index in [0.717, 1.165) is 11.4 Å². The van der Waals surface area contributed by atoms with Crippen LogP contribution in [0.15, 0.2) is 73.1 Å². The second-order valence-corrected chi connectivity index (χ2v) is 5.92. The Hall–Kier alpha value is -3.47. The Labute approximate surface area is 152 Å². The maximum atomic E-state index is 12.7. The lowest BCUT2D eigenvalue weighted by Crippen LogP contribution is -2.26. The average molecular weight is 345 g/mol. The highest BCUT2D eigenvalue weighted by Gasteiger charge is 2.14. The van der Waals surface area contributed by atoms with Crippen LogP contribution in [0.4, 0.5) is 17.1 Å². The number of amides is 1. The number of hydrogen-bond donors (Lipinski definition) is 1. The molecule has 0 saturated carbocycles. The van der Waals surface area contributed by atoms with Crippen LogP contribution in [0.2, 0.25) is 0 Å². The molecule has 0 fully saturated rings. The molecule has 0 atom stereocenters. The summed E-state index contributed by atoms with van der Waals surface area (Å²) in [5.74, 6) is -0.148. The molecule has 1 N–H and O–H groups in total. The summed E-state index contributed by atoms with van der Waals surface area (Å²) in [5, 5.41) is 3.19. The van der Waals surface area contributed by atoms with Gasteiger partial charge in [-0.15, -0.1) is 0 Å². The van der Waals surface area contributed by atoms with Crippen molar-refractivity contribution in [2.45, 2.75) is 6.92 Å². The summed E-state index contributed by atoms with van der Waals surface area (Å²) in [4.78, 5) is 30.0. The van der Waals surface area contributed by atoms with Gasteiger partial charge in [-0.2, -0.15) is 0 Å². The first-order valence-corrected chi connectivity index (χ1v) is 8.21. The lowest BCUT2D eigenvalue weighted by Gasteiger charge is -2.17. The van der Waals surface area contributed by atoms with Gasteiger partial charge in [-0.25, -0.2) is 0 Å². The highest BCUT2D eigenvalue weighted by molar-refractivity contribution is 6.06. The normalized spacial score (nSPS) is 10.2. The standard InChI is InChI=1S/C21H19N3O2/c1-15(25)16-7-6-8-18(11-16)23-19-12-17(13-22-14-19)21(26)24(2)20-9-4-3-5-10-20/h3-14,23H,1-2H3. The third-order valence-corrected chi connectivity index (χ3v) is 3.99. The highest BCUT2D eigenvalue weighted by atomic mass is 16.2. The first-order valence-electron chi connectivity index (χ1n) is 8.21. The molecular formula is C21H19N3O2. The second kappa shape index (κ2) is 7.61. The van der Waals surface area contributed by atoms with Gasteiger partial charge in [0.1, 0.15) is 0 Å². The van der Waals surface area contributed by atoms with Crippen molar-refractivity contribution in [3.05, 3.63) is 84.2 Å². The van der Waals surface area contributed by atoms with Crippen LogP contribution >= 0.6 is 0 Å². The van der Waals surface area contributed by atoms with Crippen LogP contribution in [0, 0.1) is 0 Å². The number of nitrogens with zero attached hydrogens (tertiary/aromatic N) is 2. The van der Waals surface area contributed by atoms with E-state index < -0.39 is 0 Å². The number of rotatable bonds is 5. The molecule has 5 heteroatoms. The van der Waals surface area contributed by atoms with E-state index >= 15 is 0 Å². The van der Waals surface area contributed by atoms with E-state index in [4.69, 9.17) is 0 Å². The Morgan fingerprint density at radius 1 is 0.885 bits per heavy atom. The molecule has 0 spiro atoms. The van der Waals surface area contributed by atoms with E-state index in [9.17, 15) is 9.59 Å². The SMILES string of the molecule is CC(=O)c1cccc(Nc2cncc(C(=O)N(C)c3ccccc3)c2)c1. The Morgan fingerprint density at radius 2 is 1.62 bits per heavy atom. The van der Waals surface area contributed by atoms with Gasteiger partial charge >= 0.3 is 0 Å². The molecule has 3 rings (SSSR count). The lowest BCUT2D eigenvalue weighted by atomic mass is 10.1. The van der Waals surface area contributed by atoms with Gasteiger partial charge in [0, 0.05) is 30.2 Å². The summed E-state index contributed by atoms with van der Waals surface area (Å²) >= 11 is 0. The maximum absolute atomic E-state index is 12.7. The van der Waals surface area contributed by atoms with Crippen molar-refractivity contribution in [2.75, 3.05) is 17.3 Å². The van der Waals surface area contributed by atoms with Crippen molar-refractivity contribution in [1.29, 1.82) is 0 Å². The molecule has 0 unspecified atom stereocenters.